The molecular formula is C15H29IN6O. The number of nitrogens with one attached hydrogen (secondary N) is 1. The lowest BCUT2D eigenvalue weighted by atomic mass is 10.2. The summed E-state index contributed by atoms with van der Waals surface area (Å²) in [4.78, 5) is 13.7. The average Bonchev–Trinajstić information content (AvgIpc) is 2.89. The quantitative estimate of drug-likeness (QED) is 0.431. The molecule has 0 unspecified atom stereocenters. The molecule has 2 rings (SSSR count). The second-order valence-electron chi connectivity index (χ2n) is 6.08. The van der Waals surface area contributed by atoms with Crippen molar-refractivity contribution in [1.82, 2.24) is 25.3 Å². The van der Waals surface area contributed by atoms with Gasteiger partial charge in [-0.1, -0.05) is 19.0 Å². The van der Waals surface area contributed by atoms with Gasteiger partial charge >= 0.3 is 0 Å². The first kappa shape index (κ1) is 20.1. The Morgan fingerprint density at radius 2 is 2.00 bits per heavy atom. The maximum absolute atomic E-state index is 4.98. The molecule has 0 radical (unpaired) electrons. The molecule has 0 amide bonds. The summed E-state index contributed by atoms with van der Waals surface area (Å²) in [7, 11) is 0. The number of halogens is 1. The normalized spacial score (nSPS) is 16.6. The third-order valence-corrected chi connectivity index (χ3v) is 3.57. The van der Waals surface area contributed by atoms with Crippen LogP contribution in [0.4, 0.5) is 0 Å². The lowest BCUT2D eigenvalue weighted by Crippen LogP contribution is -2.53. The monoisotopic (exact) mass is 436 g/mol. The first-order valence-corrected chi connectivity index (χ1v) is 8.13. The van der Waals surface area contributed by atoms with Gasteiger partial charge in [-0.2, -0.15) is 4.98 Å². The van der Waals surface area contributed by atoms with E-state index in [4.69, 9.17) is 4.52 Å². The summed E-state index contributed by atoms with van der Waals surface area (Å²) < 4.78 is 4.98. The predicted molar refractivity (Wildman–Crippen MR) is 102 cm³/mol. The highest BCUT2D eigenvalue weighted by molar-refractivity contribution is 14.0. The molecule has 0 atom stereocenters. The Labute approximate surface area is 155 Å². The van der Waals surface area contributed by atoms with Crippen molar-refractivity contribution < 1.29 is 4.52 Å². The third-order valence-electron chi connectivity index (χ3n) is 3.57. The zero-order chi connectivity index (χ0) is 15.9. The summed E-state index contributed by atoms with van der Waals surface area (Å²) >= 11 is 0. The molecule has 0 saturated carbocycles. The van der Waals surface area contributed by atoms with Crippen LogP contribution in [0.15, 0.2) is 9.52 Å². The Kier molecular flexibility index (Phi) is 8.82. The fourth-order valence-corrected chi connectivity index (χ4v) is 2.64. The van der Waals surface area contributed by atoms with Crippen LogP contribution in [0.2, 0.25) is 0 Å². The second-order valence-corrected chi connectivity index (χ2v) is 6.08. The number of rotatable bonds is 5. The largest absolute Gasteiger partial charge is 0.357 e. The molecule has 1 aliphatic heterocycles. The number of hydrogen-bond acceptors (Lipinski definition) is 5. The van der Waals surface area contributed by atoms with Crippen LogP contribution >= 0.6 is 24.0 Å². The van der Waals surface area contributed by atoms with Crippen LogP contribution in [0.5, 0.6) is 0 Å². The van der Waals surface area contributed by atoms with Crippen LogP contribution in [-0.2, 0) is 6.54 Å². The Morgan fingerprint density at radius 3 is 2.52 bits per heavy atom. The van der Waals surface area contributed by atoms with E-state index >= 15 is 0 Å². The molecule has 2 heterocycles. The molecule has 0 spiro atoms. The van der Waals surface area contributed by atoms with Gasteiger partial charge in [0, 0.05) is 46.2 Å². The van der Waals surface area contributed by atoms with E-state index in [1.807, 2.05) is 0 Å². The highest BCUT2D eigenvalue weighted by Gasteiger charge is 2.20. The smallest absolute Gasteiger partial charge is 0.223 e. The minimum Gasteiger partial charge on any atom is -0.357 e. The molecule has 8 heteroatoms. The van der Waals surface area contributed by atoms with Crippen molar-refractivity contribution in [3.63, 3.8) is 0 Å². The molecule has 1 aromatic heterocycles. The molecule has 23 heavy (non-hydrogen) atoms. The van der Waals surface area contributed by atoms with Gasteiger partial charge in [0.25, 0.3) is 0 Å². The Balaban J connectivity index is 0.00000264. The zero-order valence-corrected chi connectivity index (χ0v) is 16.9. The SMILES string of the molecule is CCNC(=NCc1noc(C)n1)N1CCN(CC(C)C)CC1.I. The lowest BCUT2D eigenvalue weighted by Gasteiger charge is -2.37. The van der Waals surface area contributed by atoms with E-state index in [0.717, 1.165) is 44.6 Å². The van der Waals surface area contributed by atoms with E-state index in [1.54, 1.807) is 6.92 Å². The molecule has 0 aliphatic carbocycles. The van der Waals surface area contributed by atoms with E-state index in [1.165, 1.54) is 6.54 Å². The number of aryl methyl sites for hydroxylation is 1. The van der Waals surface area contributed by atoms with Gasteiger partial charge in [-0.05, 0) is 12.8 Å². The molecule has 1 saturated heterocycles. The van der Waals surface area contributed by atoms with Gasteiger partial charge in [0.15, 0.2) is 11.8 Å². The van der Waals surface area contributed by atoms with Gasteiger partial charge < -0.3 is 14.7 Å². The zero-order valence-electron chi connectivity index (χ0n) is 14.6. The van der Waals surface area contributed by atoms with Gasteiger partial charge in [0.05, 0.1) is 0 Å². The molecule has 1 aromatic rings. The first-order chi connectivity index (χ1) is 10.6. The van der Waals surface area contributed by atoms with Gasteiger partial charge in [-0.25, -0.2) is 4.99 Å². The summed E-state index contributed by atoms with van der Waals surface area (Å²) in [6.07, 6.45) is 0. The number of nitrogens with zero attached hydrogens (tertiary/aromatic N) is 5. The number of guanidine groups is 1. The Bertz CT molecular complexity index is 482. The summed E-state index contributed by atoms with van der Waals surface area (Å²) in [5.74, 6) is 2.87. The fraction of sp³-hybridized carbons (Fsp3) is 0.800. The molecule has 0 bridgehead atoms. The minimum atomic E-state index is 0. The maximum atomic E-state index is 4.98. The van der Waals surface area contributed by atoms with Gasteiger partial charge in [0.2, 0.25) is 5.89 Å². The van der Waals surface area contributed by atoms with Crippen LogP contribution in [0, 0.1) is 12.8 Å². The third kappa shape index (κ3) is 6.62. The van der Waals surface area contributed by atoms with E-state index in [9.17, 15) is 0 Å². The highest BCUT2D eigenvalue weighted by Crippen LogP contribution is 2.06. The molecule has 1 N–H and O–H groups in total. The number of piperazine rings is 1. The predicted octanol–water partition coefficient (Wildman–Crippen LogP) is 1.74. The Hall–Kier alpha value is -0.900. The minimum absolute atomic E-state index is 0. The molecule has 1 aliphatic rings. The maximum Gasteiger partial charge on any atom is 0.223 e. The van der Waals surface area contributed by atoms with E-state index in [0.29, 0.717) is 18.3 Å². The fourth-order valence-electron chi connectivity index (χ4n) is 2.64. The summed E-state index contributed by atoms with van der Waals surface area (Å²) in [5.41, 5.74) is 0. The van der Waals surface area contributed by atoms with Crippen molar-refractivity contribution in [3.05, 3.63) is 11.7 Å². The van der Waals surface area contributed by atoms with Crippen LogP contribution in [-0.4, -0.2) is 65.2 Å². The number of aromatic nitrogens is 2. The lowest BCUT2D eigenvalue weighted by molar-refractivity contribution is 0.164. The van der Waals surface area contributed by atoms with Gasteiger partial charge in [-0.15, -0.1) is 24.0 Å². The standard InChI is InChI=1S/C15H28N6O.HI/c1-5-16-15(17-10-14-18-13(4)22-19-14)21-8-6-20(7-9-21)11-12(2)3;/h12H,5-11H2,1-4H3,(H,16,17);1H. The molecule has 7 nitrogen and oxygen atoms in total. The van der Waals surface area contributed by atoms with Crippen molar-refractivity contribution in [2.75, 3.05) is 39.3 Å². The number of aliphatic imine (C=N–C) groups is 1. The summed E-state index contributed by atoms with van der Waals surface area (Å²) in [6, 6.07) is 0. The summed E-state index contributed by atoms with van der Waals surface area (Å²) in [5, 5.41) is 7.25. The number of hydrogen-bond donors (Lipinski definition) is 1. The van der Waals surface area contributed by atoms with Crippen molar-refractivity contribution in [1.29, 1.82) is 0 Å². The molecular weight excluding hydrogens is 407 g/mol. The highest BCUT2D eigenvalue weighted by atomic mass is 127. The van der Waals surface area contributed by atoms with E-state index < -0.39 is 0 Å². The van der Waals surface area contributed by atoms with E-state index in [2.05, 4.69) is 51.0 Å². The van der Waals surface area contributed by atoms with Crippen LogP contribution < -0.4 is 5.32 Å². The molecule has 0 aromatic carbocycles. The van der Waals surface area contributed by atoms with Crippen molar-refractivity contribution >= 4 is 29.9 Å². The summed E-state index contributed by atoms with van der Waals surface area (Å²) in [6.45, 7) is 15.1. The molecule has 1 fully saturated rings. The van der Waals surface area contributed by atoms with Crippen molar-refractivity contribution in [2.45, 2.75) is 34.2 Å². The van der Waals surface area contributed by atoms with Crippen molar-refractivity contribution in [2.24, 2.45) is 10.9 Å². The van der Waals surface area contributed by atoms with Crippen molar-refractivity contribution in [3.8, 4) is 0 Å². The van der Waals surface area contributed by atoms with Crippen LogP contribution in [0.3, 0.4) is 0 Å². The van der Waals surface area contributed by atoms with Gasteiger partial charge in [0.1, 0.15) is 6.54 Å². The Morgan fingerprint density at radius 1 is 1.30 bits per heavy atom. The van der Waals surface area contributed by atoms with Crippen LogP contribution in [0.25, 0.3) is 0 Å². The average molecular weight is 436 g/mol. The molecule has 132 valence electrons. The topological polar surface area (TPSA) is 69.8 Å². The van der Waals surface area contributed by atoms with Crippen LogP contribution in [0.1, 0.15) is 32.5 Å². The first-order valence-electron chi connectivity index (χ1n) is 8.13. The van der Waals surface area contributed by atoms with E-state index in [-0.39, 0.29) is 24.0 Å². The second kappa shape index (κ2) is 10.1. The van der Waals surface area contributed by atoms with Gasteiger partial charge in [-0.3, -0.25) is 4.90 Å².